The summed E-state index contributed by atoms with van der Waals surface area (Å²) >= 11 is 0. The highest BCUT2D eigenvalue weighted by molar-refractivity contribution is 6.30. The average Bonchev–Trinajstić information content (AvgIpc) is 3.40. The lowest BCUT2D eigenvalue weighted by Gasteiger charge is -2.25. The van der Waals surface area contributed by atoms with E-state index in [1.54, 1.807) is 24.3 Å². The zero-order valence-electron chi connectivity index (χ0n) is 15.3. The van der Waals surface area contributed by atoms with Crippen molar-refractivity contribution in [2.75, 3.05) is 0 Å². The summed E-state index contributed by atoms with van der Waals surface area (Å²) in [6.45, 7) is -0.137. The van der Waals surface area contributed by atoms with E-state index in [4.69, 9.17) is 8.83 Å². The Morgan fingerprint density at radius 1 is 1.10 bits per heavy atom. The number of hydrogen-bond acceptors (Lipinski definition) is 7. The second kappa shape index (κ2) is 7.55. The molecule has 0 aliphatic carbocycles. The van der Waals surface area contributed by atoms with Crippen LogP contribution in [0.2, 0.25) is 0 Å². The molecule has 150 valence electrons. The van der Waals surface area contributed by atoms with E-state index in [0.717, 1.165) is 4.90 Å². The van der Waals surface area contributed by atoms with Gasteiger partial charge in [0.15, 0.2) is 0 Å². The summed E-state index contributed by atoms with van der Waals surface area (Å²) in [7, 11) is 0. The molecule has 1 aliphatic heterocycles. The Morgan fingerprint density at radius 3 is 2.67 bits per heavy atom. The van der Waals surface area contributed by atoms with Gasteiger partial charge in [-0.25, -0.2) is 4.79 Å². The molecule has 0 atom stereocenters. The molecule has 3 heterocycles. The molecule has 4 rings (SSSR count). The summed E-state index contributed by atoms with van der Waals surface area (Å²) in [5, 5.41) is 13.1. The Hall–Kier alpha value is -4.40. The Kier molecular flexibility index (Phi) is 4.77. The number of carboxylic acids is 1. The van der Waals surface area contributed by atoms with Crippen LogP contribution in [0.25, 0.3) is 17.4 Å². The maximum atomic E-state index is 12.7. The number of carboxylic acid groups (broad SMARTS) is 1. The molecule has 1 saturated heterocycles. The molecule has 1 N–H and O–H groups in total. The number of furan rings is 2. The van der Waals surface area contributed by atoms with Crippen molar-refractivity contribution in [3.05, 3.63) is 77.5 Å². The van der Waals surface area contributed by atoms with Gasteiger partial charge in [0, 0.05) is 5.56 Å². The lowest BCUT2D eigenvalue weighted by atomic mass is 10.1. The Morgan fingerprint density at radius 2 is 1.93 bits per heavy atom. The second-order valence-electron chi connectivity index (χ2n) is 6.36. The standard InChI is InChI=1S/C21H14N2O7/c24-18-16(19(25)23(21(28)22-18)11-15-5-2-8-29-15)10-14-6-7-17(30-14)12-3-1-4-13(9-12)20(26)27/h1-10H,11H2,(H,26,27)(H,22,24,28)/p-1/b16-10-. The van der Waals surface area contributed by atoms with Crippen molar-refractivity contribution in [3.63, 3.8) is 0 Å². The highest BCUT2D eigenvalue weighted by atomic mass is 16.4. The first-order chi connectivity index (χ1) is 14.4. The summed E-state index contributed by atoms with van der Waals surface area (Å²) in [6, 6.07) is 11.4. The molecule has 1 fully saturated rings. The first kappa shape index (κ1) is 18.9. The molecule has 3 aromatic rings. The number of barbiturate groups is 1. The lowest BCUT2D eigenvalue weighted by Crippen LogP contribution is -2.53. The van der Waals surface area contributed by atoms with Crippen LogP contribution in [0.4, 0.5) is 4.79 Å². The Balaban J connectivity index is 1.61. The van der Waals surface area contributed by atoms with Gasteiger partial charge in [0.05, 0.1) is 18.8 Å². The van der Waals surface area contributed by atoms with Gasteiger partial charge in [-0.05, 0) is 42.0 Å². The summed E-state index contributed by atoms with van der Waals surface area (Å²) in [6.07, 6.45) is 2.62. The fourth-order valence-corrected chi connectivity index (χ4v) is 2.92. The van der Waals surface area contributed by atoms with Crippen LogP contribution in [-0.4, -0.2) is 28.7 Å². The summed E-state index contributed by atoms with van der Waals surface area (Å²) in [5.41, 5.74) is 0.179. The van der Waals surface area contributed by atoms with Crippen LogP contribution in [0.15, 0.2) is 69.2 Å². The van der Waals surface area contributed by atoms with Gasteiger partial charge in [-0.2, -0.15) is 0 Å². The molecule has 30 heavy (non-hydrogen) atoms. The summed E-state index contributed by atoms with van der Waals surface area (Å²) in [5.74, 6) is -2.08. The predicted octanol–water partition coefficient (Wildman–Crippen LogP) is 1.57. The number of carbonyl (C=O) groups is 4. The third-order valence-corrected chi connectivity index (χ3v) is 4.38. The number of carbonyl (C=O) groups excluding carboxylic acids is 4. The van der Waals surface area contributed by atoms with E-state index in [1.807, 2.05) is 0 Å². The van der Waals surface area contributed by atoms with E-state index in [-0.39, 0.29) is 23.4 Å². The highest BCUT2D eigenvalue weighted by Crippen LogP contribution is 2.25. The van der Waals surface area contributed by atoms with Gasteiger partial charge >= 0.3 is 6.03 Å². The van der Waals surface area contributed by atoms with Crippen molar-refractivity contribution >= 4 is 29.9 Å². The van der Waals surface area contributed by atoms with Gasteiger partial charge < -0.3 is 18.7 Å². The van der Waals surface area contributed by atoms with Crippen molar-refractivity contribution < 1.29 is 33.1 Å². The van der Waals surface area contributed by atoms with Gasteiger partial charge in [0.2, 0.25) is 0 Å². The first-order valence-corrected chi connectivity index (χ1v) is 8.75. The number of benzene rings is 1. The van der Waals surface area contributed by atoms with Crippen LogP contribution in [0.1, 0.15) is 21.9 Å². The topological polar surface area (TPSA) is 133 Å². The van der Waals surface area contributed by atoms with Gasteiger partial charge in [-0.1, -0.05) is 18.2 Å². The maximum Gasteiger partial charge on any atom is 0.331 e. The molecular weight excluding hydrogens is 392 g/mol. The number of imide groups is 2. The van der Waals surface area contributed by atoms with Crippen LogP contribution in [0, 0.1) is 0 Å². The van der Waals surface area contributed by atoms with E-state index in [2.05, 4.69) is 5.32 Å². The normalized spacial score (nSPS) is 15.5. The molecule has 0 unspecified atom stereocenters. The zero-order valence-corrected chi connectivity index (χ0v) is 15.3. The van der Waals surface area contributed by atoms with Crippen molar-refractivity contribution in [1.29, 1.82) is 0 Å². The summed E-state index contributed by atoms with van der Waals surface area (Å²) in [4.78, 5) is 48.8. The third kappa shape index (κ3) is 3.63. The largest absolute Gasteiger partial charge is 0.545 e. The minimum Gasteiger partial charge on any atom is -0.545 e. The zero-order chi connectivity index (χ0) is 21.3. The molecule has 2 aromatic heterocycles. The second-order valence-corrected chi connectivity index (χ2v) is 6.36. The molecular formula is C21H13N2O7-. The number of urea groups is 1. The number of hydrogen-bond donors (Lipinski definition) is 1. The molecule has 4 amide bonds. The number of aromatic carboxylic acids is 1. The molecule has 9 nitrogen and oxygen atoms in total. The predicted molar refractivity (Wildman–Crippen MR) is 99.2 cm³/mol. The average molecular weight is 405 g/mol. The van der Waals surface area contributed by atoms with Crippen LogP contribution >= 0.6 is 0 Å². The van der Waals surface area contributed by atoms with Crippen LogP contribution in [0.5, 0.6) is 0 Å². The lowest BCUT2D eigenvalue weighted by molar-refractivity contribution is -0.255. The number of rotatable bonds is 5. The SMILES string of the molecule is O=C1NC(=O)N(Cc2ccco2)C(=O)/C1=C\c1ccc(-c2cccc(C(=O)[O-])c2)o1. The van der Waals surface area contributed by atoms with Gasteiger partial charge in [0.1, 0.15) is 22.9 Å². The third-order valence-electron chi connectivity index (χ3n) is 4.38. The first-order valence-electron chi connectivity index (χ1n) is 8.75. The number of nitrogens with one attached hydrogen (secondary N) is 1. The molecule has 0 spiro atoms. The molecule has 0 bridgehead atoms. The quantitative estimate of drug-likeness (QED) is 0.503. The molecule has 1 aromatic carbocycles. The monoisotopic (exact) mass is 405 g/mol. The molecule has 1 aliphatic rings. The van der Waals surface area contributed by atoms with Crippen molar-refractivity contribution in [1.82, 2.24) is 10.2 Å². The number of amides is 4. The van der Waals surface area contributed by atoms with E-state index in [1.165, 1.54) is 36.6 Å². The van der Waals surface area contributed by atoms with Gasteiger partial charge in [0.25, 0.3) is 11.8 Å². The number of nitrogens with zero attached hydrogens (tertiary/aromatic N) is 1. The fraction of sp³-hybridized carbons (Fsp3) is 0.0476. The van der Waals surface area contributed by atoms with Crippen LogP contribution < -0.4 is 10.4 Å². The van der Waals surface area contributed by atoms with Crippen molar-refractivity contribution in [2.45, 2.75) is 6.54 Å². The Labute approximate surface area is 169 Å². The van der Waals surface area contributed by atoms with Gasteiger partial charge in [-0.15, -0.1) is 0 Å². The minimum atomic E-state index is -1.32. The van der Waals surface area contributed by atoms with Gasteiger partial charge in [-0.3, -0.25) is 19.8 Å². The minimum absolute atomic E-state index is 0.0160. The van der Waals surface area contributed by atoms with E-state index in [9.17, 15) is 24.3 Å². The summed E-state index contributed by atoms with van der Waals surface area (Å²) < 4.78 is 10.8. The van der Waals surface area contributed by atoms with E-state index in [0.29, 0.717) is 17.1 Å². The smallest absolute Gasteiger partial charge is 0.331 e. The molecule has 0 saturated carbocycles. The maximum absolute atomic E-state index is 12.7. The van der Waals surface area contributed by atoms with E-state index < -0.39 is 23.8 Å². The van der Waals surface area contributed by atoms with Crippen molar-refractivity contribution in [2.24, 2.45) is 0 Å². The Bertz CT molecular complexity index is 1190. The van der Waals surface area contributed by atoms with Crippen LogP contribution in [0.3, 0.4) is 0 Å². The molecule has 0 radical (unpaired) electrons. The highest BCUT2D eigenvalue weighted by Gasteiger charge is 2.36. The van der Waals surface area contributed by atoms with E-state index >= 15 is 0 Å². The fourth-order valence-electron chi connectivity index (χ4n) is 2.92. The van der Waals surface area contributed by atoms with Crippen molar-refractivity contribution in [3.8, 4) is 11.3 Å². The van der Waals surface area contributed by atoms with Crippen LogP contribution in [-0.2, 0) is 16.1 Å². The molecule has 9 heteroatoms.